The van der Waals surface area contributed by atoms with Crippen LogP contribution in [0.5, 0.6) is 11.5 Å². The van der Waals surface area contributed by atoms with Gasteiger partial charge in [0.1, 0.15) is 24.8 Å². The summed E-state index contributed by atoms with van der Waals surface area (Å²) in [5.74, 6) is 1.18. The fourth-order valence-electron chi connectivity index (χ4n) is 1.37. The number of rotatable bonds is 5. The summed E-state index contributed by atoms with van der Waals surface area (Å²) in [6.07, 6.45) is 1.59. The molecule has 0 saturated heterocycles. The molecule has 2 rings (SSSR count). The summed E-state index contributed by atoms with van der Waals surface area (Å²) in [6, 6.07) is 9.29. The Balaban J connectivity index is 1.76. The number of benzene rings is 1. The monoisotopic (exact) mass is 248 g/mol. The van der Waals surface area contributed by atoms with Gasteiger partial charge in [-0.1, -0.05) is 0 Å². The van der Waals surface area contributed by atoms with Crippen LogP contribution in [0.15, 0.2) is 42.6 Å². The zero-order chi connectivity index (χ0) is 12.8. The van der Waals surface area contributed by atoms with Gasteiger partial charge in [0.05, 0.1) is 0 Å². The number of anilines is 1. The second-order valence-corrected chi connectivity index (χ2v) is 3.54. The maximum absolute atomic E-state index is 12.6. The molecular formula is C13H13FN2O2. The van der Waals surface area contributed by atoms with Crippen LogP contribution in [0.25, 0.3) is 0 Å². The quantitative estimate of drug-likeness (QED) is 0.824. The fourth-order valence-corrected chi connectivity index (χ4v) is 1.37. The van der Waals surface area contributed by atoms with E-state index >= 15 is 0 Å². The summed E-state index contributed by atoms with van der Waals surface area (Å²) < 4.78 is 23.4. The first kappa shape index (κ1) is 12.2. The Labute approximate surface area is 104 Å². The predicted molar refractivity (Wildman–Crippen MR) is 66.0 cm³/mol. The number of hydrogen-bond acceptors (Lipinski definition) is 4. The Hall–Kier alpha value is -2.30. The number of halogens is 1. The molecule has 2 aromatic rings. The highest BCUT2D eigenvalue weighted by atomic mass is 19.1. The molecular weight excluding hydrogens is 235 g/mol. The van der Waals surface area contributed by atoms with E-state index in [0.717, 1.165) is 0 Å². The number of hydrogen-bond donors (Lipinski definition) is 1. The van der Waals surface area contributed by atoms with E-state index in [-0.39, 0.29) is 5.82 Å². The molecule has 0 aliphatic heterocycles. The highest BCUT2D eigenvalue weighted by molar-refractivity contribution is 5.44. The van der Waals surface area contributed by atoms with Gasteiger partial charge in [-0.15, -0.1) is 0 Å². The molecule has 1 aromatic heterocycles. The molecule has 0 amide bonds. The molecule has 1 aromatic carbocycles. The molecule has 0 unspecified atom stereocenters. The van der Waals surface area contributed by atoms with E-state index in [0.29, 0.717) is 30.5 Å². The molecule has 4 nitrogen and oxygen atoms in total. The molecule has 0 spiro atoms. The number of ether oxygens (including phenoxy) is 2. The smallest absolute Gasteiger partial charge is 0.166 e. The zero-order valence-electron chi connectivity index (χ0n) is 9.67. The van der Waals surface area contributed by atoms with Gasteiger partial charge in [-0.2, -0.15) is 0 Å². The van der Waals surface area contributed by atoms with Crippen molar-refractivity contribution < 1.29 is 13.9 Å². The first-order chi connectivity index (χ1) is 8.75. The molecule has 0 bridgehead atoms. The van der Waals surface area contributed by atoms with Crippen molar-refractivity contribution in [2.45, 2.75) is 0 Å². The van der Waals surface area contributed by atoms with Crippen molar-refractivity contribution in [2.75, 3.05) is 18.9 Å². The van der Waals surface area contributed by atoms with Crippen LogP contribution in [0, 0.1) is 5.82 Å². The van der Waals surface area contributed by atoms with E-state index < -0.39 is 0 Å². The second-order valence-electron chi connectivity index (χ2n) is 3.54. The molecule has 1 heterocycles. The van der Waals surface area contributed by atoms with Gasteiger partial charge in [-0.05, 0) is 36.4 Å². The first-order valence-corrected chi connectivity index (χ1v) is 5.47. The largest absolute Gasteiger partial charge is 0.490 e. The Bertz CT molecular complexity index is 503. The molecule has 5 heteroatoms. The van der Waals surface area contributed by atoms with Crippen LogP contribution in [0.1, 0.15) is 0 Å². The molecule has 0 fully saturated rings. The van der Waals surface area contributed by atoms with Crippen molar-refractivity contribution in [3.05, 3.63) is 48.4 Å². The molecule has 0 aliphatic rings. The zero-order valence-corrected chi connectivity index (χ0v) is 9.67. The average Bonchev–Trinajstić information content (AvgIpc) is 2.39. The highest BCUT2D eigenvalue weighted by Gasteiger charge is 2.00. The van der Waals surface area contributed by atoms with Crippen molar-refractivity contribution in [3.8, 4) is 11.5 Å². The fraction of sp³-hybridized carbons (Fsp3) is 0.154. The molecule has 18 heavy (non-hydrogen) atoms. The van der Waals surface area contributed by atoms with Crippen LogP contribution in [0.3, 0.4) is 0 Å². The van der Waals surface area contributed by atoms with Crippen LogP contribution < -0.4 is 15.2 Å². The van der Waals surface area contributed by atoms with Gasteiger partial charge in [0, 0.05) is 6.20 Å². The summed E-state index contributed by atoms with van der Waals surface area (Å²) >= 11 is 0. The van der Waals surface area contributed by atoms with E-state index in [9.17, 15) is 4.39 Å². The third-order valence-corrected chi connectivity index (χ3v) is 2.22. The molecule has 94 valence electrons. The van der Waals surface area contributed by atoms with Crippen molar-refractivity contribution in [1.82, 2.24) is 4.98 Å². The van der Waals surface area contributed by atoms with Crippen LogP contribution in [0.2, 0.25) is 0 Å². The van der Waals surface area contributed by atoms with Gasteiger partial charge in [0.15, 0.2) is 11.6 Å². The summed E-state index contributed by atoms with van der Waals surface area (Å²) in [5.41, 5.74) is 5.61. The maximum Gasteiger partial charge on any atom is 0.166 e. The number of aromatic nitrogens is 1. The van der Waals surface area contributed by atoms with E-state index in [1.165, 1.54) is 12.1 Å². The Morgan fingerprint density at radius 3 is 2.50 bits per heavy atom. The highest BCUT2D eigenvalue weighted by Crippen LogP contribution is 2.16. The summed E-state index contributed by atoms with van der Waals surface area (Å²) in [4.78, 5) is 3.90. The molecule has 0 aliphatic carbocycles. The minimum absolute atomic E-state index is 0.290. The molecule has 0 atom stereocenters. The summed E-state index contributed by atoms with van der Waals surface area (Å²) in [6.45, 7) is 0.688. The van der Waals surface area contributed by atoms with Crippen LogP contribution in [-0.2, 0) is 0 Å². The standard InChI is InChI=1S/C13H13FN2O2/c14-10-3-5-11(6-4-10)17-8-9-18-12-2-1-7-16-13(12)15/h1-7H,8-9H2,(H2,15,16). The van der Waals surface area contributed by atoms with E-state index in [2.05, 4.69) is 4.98 Å². The molecule has 2 N–H and O–H groups in total. The third kappa shape index (κ3) is 3.35. The predicted octanol–water partition coefficient (Wildman–Crippen LogP) is 2.26. The Morgan fingerprint density at radius 1 is 1.06 bits per heavy atom. The first-order valence-electron chi connectivity index (χ1n) is 5.47. The van der Waals surface area contributed by atoms with Crippen molar-refractivity contribution >= 4 is 5.82 Å². The minimum atomic E-state index is -0.290. The maximum atomic E-state index is 12.6. The normalized spacial score (nSPS) is 10.1. The van der Waals surface area contributed by atoms with Crippen molar-refractivity contribution in [1.29, 1.82) is 0 Å². The molecule has 0 saturated carbocycles. The second kappa shape index (κ2) is 5.86. The lowest BCUT2D eigenvalue weighted by molar-refractivity contribution is 0.217. The van der Waals surface area contributed by atoms with E-state index in [1.807, 2.05) is 0 Å². The van der Waals surface area contributed by atoms with E-state index in [4.69, 9.17) is 15.2 Å². The number of nitrogens with zero attached hydrogens (tertiary/aromatic N) is 1. The average molecular weight is 248 g/mol. The summed E-state index contributed by atoms with van der Waals surface area (Å²) in [5, 5.41) is 0. The van der Waals surface area contributed by atoms with Gasteiger partial charge in [0.2, 0.25) is 0 Å². The van der Waals surface area contributed by atoms with Gasteiger partial charge in [-0.3, -0.25) is 0 Å². The lowest BCUT2D eigenvalue weighted by Crippen LogP contribution is -2.10. The lowest BCUT2D eigenvalue weighted by atomic mass is 10.3. The third-order valence-electron chi connectivity index (χ3n) is 2.22. The SMILES string of the molecule is Nc1ncccc1OCCOc1ccc(F)cc1. The van der Waals surface area contributed by atoms with Gasteiger partial charge in [-0.25, -0.2) is 9.37 Å². The minimum Gasteiger partial charge on any atom is -0.490 e. The van der Waals surface area contributed by atoms with E-state index in [1.54, 1.807) is 30.5 Å². The van der Waals surface area contributed by atoms with Crippen LogP contribution >= 0.6 is 0 Å². The summed E-state index contributed by atoms with van der Waals surface area (Å²) in [7, 11) is 0. The topological polar surface area (TPSA) is 57.4 Å². The number of nitrogens with two attached hydrogens (primary N) is 1. The lowest BCUT2D eigenvalue weighted by Gasteiger charge is -2.09. The van der Waals surface area contributed by atoms with Crippen molar-refractivity contribution in [3.63, 3.8) is 0 Å². The number of nitrogen functional groups attached to an aromatic ring is 1. The van der Waals surface area contributed by atoms with Gasteiger partial charge in [0.25, 0.3) is 0 Å². The van der Waals surface area contributed by atoms with Crippen LogP contribution in [0.4, 0.5) is 10.2 Å². The number of pyridine rings is 1. The van der Waals surface area contributed by atoms with Crippen LogP contribution in [-0.4, -0.2) is 18.2 Å². The Kier molecular flexibility index (Phi) is 3.96. The van der Waals surface area contributed by atoms with Gasteiger partial charge >= 0.3 is 0 Å². The Morgan fingerprint density at radius 2 is 1.78 bits per heavy atom. The van der Waals surface area contributed by atoms with Crippen molar-refractivity contribution in [2.24, 2.45) is 0 Å². The molecule has 0 radical (unpaired) electrons. The van der Waals surface area contributed by atoms with Gasteiger partial charge < -0.3 is 15.2 Å².